The Bertz CT molecular complexity index is 579. The maximum atomic E-state index is 12.2. The summed E-state index contributed by atoms with van der Waals surface area (Å²) >= 11 is 0. The molecule has 0 bridgehead atoms. The maximum absolute atomic E-state index is 12.2. The first-order valence-electron chi connectivity index (χ1n) is 9.11. The van der Waals surface area contributed by atoms with Crippen molar-refractivity contribution in [2.75, 3.05) is 33.0 Å². The Morgan fingerprint density at radius 3 is 2.41 bits per heavy atom. The predicted octanol–water partition coefficient (Wildman–Crippen LogP) is 4.19. The van der Waals surface area contributed by atoms with Gasteiger partial charge in [-0.2, -0.15) is 13.2 Å². The van der Waals surface area contributed by atoms with Gasteiger partial charge in [0.25, 0.3) is 0 Å². The molecule has 27 heavy (non-hydrogen) atoms. The SMILES string of the molecule is CCCOc1ccc(CN(CCC)C(=O)COCC(F)(F)F)cc1OCC. The van der Waals surface area contributed by atoms with E-state index in [-0.39, 0.29) is 6.54 Å². The van der Waals surface area contributed by atoms with Gasteiger partial charge in [0.2, 0.25) is 5.91 Å². The number of hydrogen-bond acceptors (Lipinski definition) is 4. The third-order valence-corrected chi connectivity index (χ3v) is 3.48. The highest BCUT2D eigenvalue weighted by atomic mass is 19.4. The Labute approximate surface area is 158 Å². The number of amides is 1. The van der Waals surface area contributed by atoms with Gasteiger partial charge in [0.05, 0.1) is 13.2 Å². The number of nitrogens with zero attached hydrogens (tertiary/aromatic N) is 1. The van der Waals surface area contributed by atoms with Crippen LogP contribution in [-0.4, -0.2) is 50.0 Å². The number of rotatable bonds is 12. The smallest absolute Gasteiger partial charge is 0.411 e. The molecular formula is C19H28F3NO4. The standard InChI is InChI=1S/C19H28F3NO4/c1-4-9-23(18(24)13-25-14-19(20,21)22)12-15-7-8-16(27-10-5-2)17(11-15)26-6-3/h7-8,11H,4-6,9-10,12-14H2,1-3H3. The molecule has 0 atom stereocenters. The lowest BCUT2D eigenvalue weighted by Gasteiger charge is -2.23. The quantitative estimate of drug-likeness (QED) is 0.536. The highest BCUT2D eigenvalue weighted by Crippen LogP contribution is 2.29. The van der Waals surface area contributed by atoms with E-state index in [0.717, 1.165) is 12.0 Å². The summed E-state index contributed by atoms with van der Waals surface area (Å²) in [6.45, 7) is 5.44. The van der Waals surface area contributed by atoms with Gasteiger partial charge in [0.15, 0.2) is 11.5 Å². The molecule has 0 aliphatic carbocycles. The Morgan fingerprint density at radius 1 is 1.07 bits per heavy atom. The van der Waals surface area contributed by atoms with Crippen molar-refractivity contribution in [2.45, 2.75) is 46.3 Å². The number of halogens is 3. The minimum absolute atomic E-state index is 0.260. The lowest BCUT2D eigenvalue weighted by molar-refractivity contribution is -0.178. The molecule has 0 fully saturated rings. The first kappa shape index (κ1) is 23.1. The van der Waals surface area contributed by atoms with Crippen LogP contribution < -0.4 is 9.47 Å². The fourth-order valence-electron chi connectivity index (χ4n) is 2.38. The molecule has 0 unspecified atom stereocenters. The third-order valence-electron chi connectivity index (χ3n) is 3.48. The number of carbonyl (C=O) groups is 1. The van der Waals surface area contributed by atoms with Crippen molar-refractivity contribution in [3.05, 3.63) is 23.8 Å². The summed E-state index contributed by atoms with van der Waals surface area (Å²) in [5.41, 5.74) is 0.805. The van der Waals surface area contributed by atoms with Crippen molar-refractivity contribution in [3.8, 4) is 11.5 Å². The van der Waals surface area contributed by atoms with Crippen LogP contribution in [0.15, 0.2) is 18.2 Å². The van der Waals surface area contributed by atoms with Crippen molar-refractivity contribution in [1.29, 1.82) is 0 Å². The maximum Gasteiger partial charge on any atom is 0.411 e. The van der Waals surface area contributed by atoms with E-state index in [1.807, 2.05) is 26.8 Å². The van der Waals surface area contributed by atoms with Crippen LogP contribution in [0.2, 0.25) is 0 Å². The monoisotopic (exact) mass is 391 g/mol. The molecule has 5 nitrogen and oxygen atoms in total. The van der Waals surface area contributed by atoms with Gasteiger partial charge in [-0.15, -0.1) is 0 Å². The second-order valence-corrected chi connectivity index (χ2v) is 5.99. The number of benzene rings is 1. The van der Waals surface area contributed by atoms with E-state index in [9.17, 15) is 18.0 Å². The second-order valence-electron chi connectivity index (χ2n) is 5.99. The van der Waals surface area contributed by atoms with Gasteiger partial charge in [0, 0.05) is 13.1 Å². The molecule has 8 heteroatoms. The molecule has 0 radical (unpaired) electrons. The first-order chi connectivity index (χ1) is 12.8. The molecule has 0 N–H and O–H groups in total. The molecule has 1 amide bonds. The lowest BCUT2D eigenvalue weighted by Crippen LogP contribution is -2.35. The summed E-state index contributed by atoms with van der Waals surface area (Å²) in [5.74, 6) is 0.732. The van der Waals surface area contributed by atoms with E-state index < -0.39 is 25.3 Å². The van der Waals surface area contributed by atoms with Crippen molar-refractivity contribution in [3.63, 3.8) is 0 Å². The van der Waals surface area contributed by atoms with E-state index >= 15 is 0 Å². The average Bonchev–Trinajstić information content (AvgIpc) is 2.60. The van der Waals surface area contributed by atoms with Crippen LogP contribution in [0.25, 0.3) is 0 Å². The van der Waals surface area contributed by atoms with Gasteiger partial charge in [-0.05, 0) is 37.5 Å². The topological polar surface area (TPSA) is 48.0 Å². The van der Waals surface area contributed by atoms with Gasteiger partial charge in [-0.1, -0.05) is 19.9 Å². The molecule has 0 aromatic heterocycles. The Balaban J connectivity index is 2.79. The molecule has 1 aromatic rings. The summed E-state index contributed by atoms with van der Waals surface area (Å²) in [5, 5.41) is 0. The number of carbonyl (C=O) groups excluding carboxylic acids is 1. The van der Waals surface area contributed by atoms with E-state index in [1.54, 1.807) is 12.1 Å². The third kappa shape index (κ3) is 8.99. The van der Waals surface area contributed by atoms with Crippen molar-refractivity contribution in [2.24, 2.45) is 0 Å². The molecule has 0 saturated carbocycles. The molecule has 0 heterocycles. The Hall–Kier alpha value is -1.96. The summed E-state index contributed by atoms with van der Waals surface area (Å²) in [6.07, 6.45) is -2.90. The van der Waals surface area contributed by atoms with Crippen LogP contribution in [0, 0.1) is 0 Å². The zero-order valence-corrected chi connectivity index (χ0v) is 16.1. The van der Waals surface area contributed by atoms with E-state index in [2.05, 4.69) is 4.74 Å². The summed E-state index contributed by atoms with van der Waals surface area (Å²) in [7, 11) is 0. The zero-order valence-electron chi connectivity index (χ0n) is 16.1. The summed E-state index contributed by atoms with van der Waals surface area (Å²) in [6, 6.07) is 5.39. The fourth-order valence-corrected chi connectivity index (χ4v) is 2.38. The largest absolute Gasteiger partial charge is 0.490 e. The molecule has 0 aliphatic heterocycles. The van der Waals surface area contributed by atoms with Crippen LogP contribution in [0.3, 0.4) is 0 Å². The van der Waals surface area contributed by atoms with Crippen LogP contribution in [0.4, 0.5) is 13.2 Å². The molecule has 1 aromatic carbocycles. The fraction of sp³-hybridized carbons (Fsp3) is 0.632. The summed E-state index contributed by atoms with van der Waals surface area (Å²) in [4.78, 5) is 13.7. The van der Waals surface area contributed by atoms with Crippen LogP contribution >= 0.6 is 0 Å². The Morgan fingerprint density at radius 2 is 1.81 bits per heavy atom. The van der Waals surface area contributed by atoms with E-state index in [4.69, 9.17) is 9.47 Å². The van der Waals surface area contributed by atoms with Crippen molar-refractivity contribution < 1.29 is 32.2 Å². The van der Waals surface area contributed by atoms with E-state index in [0.29, 0.717) is 37.7 Å². The van der Waals surface area contributed by atoms with Crippen LogP contribution in [0.1, 0.15) is 39.2 Å². The Kier molecular flexibility index (Phi) is 9.99. The van der Waals surface area contributed by atoms with Gasteiger partial charge < -0.3 is 19.1 Å². The number of alkyl halides is 3. The number of hydrogen-bond donors (Lipinski definition) is 0. The van der Waals surface area contributed by atoms with Gasteiger partial charge in [0.1, 0.15) is 13.2 Å². The highest BCUT2D eigenvalue weighted by molar-refractivity contribution is 5.77. The van der Waals surface area contributed by atoms with Gasteiger partial charge >= 0.3 is 6.18 Å². The second kappa shape index (κ2) is 11.7. The summed E-state index contributed by atoms with van der Waals surface area (Å²) < 4.78 is 52.2. The molecule has 0 saturated heterocycles. The lowest BCUT2D eigenvalue weighted by atomic mass is 10.1. The normalized spacial score (nSPS) is 11.3. The minimum Gasteiger partial charge on any atom is -0.490 e. The van der Waals surface area contributed by atoms with Gasteiger partial charge in [-0.25, -0.2) is 0 Å². The molecule has 0 aliphatic rings. The number of ether oxygens (including phenoxy) is 3. The van der Waals surface area contributed by atoms with Crippen LogP contribution in [-0.2, 0) is 16.1 Å². The first-order valence-corrected chi connectivity index (χ1v) is 9.11. The average molecular weight is 391 g/mol. The van der Waals surface area contributed by atoms with Gasteiger partial charge in [-0.3, -0.25) is 4.79 Å². The molecular weight excluding hydrogens is 363 g/mol. The van der Waals surface area contributed by atoms with E-state index in [1.165, 1.54) is 4.90 Å². The predicted molar refractivity (Wildman–Crippen MR) is 96.0 cm³/mol. The zero-order chi connectivity index (χ0) is 20.3. The van der Waals surface area contributed by atoms with Crippen molar-refractivity contribution in [1.82, 2.24) is 4.90 Å². The molecule has 0 spiro atoms. The highest BCUT2D eigenvalue weighted by Gasteiger charge is 2.28. The van der Waals surface area contributed by atoms with Crippen LogP contribution in [0.5, 0.6) is 11.5 Å². The molecule has 1 rings (SSSR count). The molecule has 154 valence electrons. The van der Waals surface area contributed by atoms with Crippen molar-refractivity contribution >= 4 is 5.91 Å². The minimum atomic E-state index is -4.45.